The fraction of sp³-hybridized carbons (Fsp3) is 0.727. The summed E-state index contributed by atoms with van der Waals surface area (Å²) in [6.45, 7) is 3.63. The molecule has 1 aromatic carbocycles. The molecule has 2 aliphatic heterocycles. The Bertz CT molecular complexity index is 671. The van der Waals surface area contributed by atoms with Gasteiger partial charge in [0.1, 0.15) is 0 Å². The van der Waals surface area contributed by atoms with E-state index in [0.29, 0.717) is 25.2 Å². The number of ether oxygens (including phenoxy) is 4. The minimum atomic E-state index is -0.416. The van der Waals surface area contributed by atoms with Gasteiger partial charge in [0.2, 0.25) is 0 Å². The number of piperidine rings is 1. The van der Waals surface area contributed by atoms with Crippen molar-refractivity contribution in [3.63, 3.8) is 0 Å². The maximum atomic E-state index is 6.32. The van der Waals surface area contributed by atoms with Gasteiger partial charge in [0.15, 0.2) is 17.3 Å². The largest absolute Gasteiger partial charge is 0.493 e. The number of fused-ring (bicyclic) bond motifs is 2. The zero-order chi connectivity index (χ0) is 19.0. The van der Waals surface area contributed by atoms with Crippen LogP contribution in [0.15, 0.2) is 12.1 Å². The number of hydrogen-bond donors (Lipinski definition) is 0. The molecule has 27 heavy (non-hydrogen) atoms. The molecule has 3 aliphatic rings. The molecule has 5 heteroatoms. The van der Waals surface area contributed by atoms with Crippen LogP contribution >= 0.6 is 0 Å². The summed E-state index contributed by atoms with van der Waals surface area (Å²) in [4.78, 5) is 2.58. The number of benzene rings is 1. The number of rotatable bonds is 4. The minimum absolute atomic E-state index is 0.261. The van der Waals surface area contributed by atoms with Gasteiger partial charge in [-0.2, -0.15) is 0 Å². The SMILES string of the molecule is CCc1cc(OC)c(OC)cc1[C@@H]1CC2(OCCO2)[C@H]2CCCC[C@@H]2N1C. The molecule has 1 aliphatic carbocycles. The van der Waals surface area contributed by atoms with Gasteiger partial charge in [-0.3, -0.25) is 4.90 Å². The molecule has 5 nitrogen and oxygen atoms in total. The van der Waals surface area contributed by atoms with Crippen molar-refractivity contribution in [3.05, 3.63) is 23.3 Å². The molecular formula is C22H33NO4. The van der Waals surface area contributed by atoms with Crippen LogP contribution in [-0.2, 0) is 15.9 Å². The predicted octanol–water partition coefficient (Wildman–Crippen LogP) is 3.94. The normalized spacial score (nSPS) is 30.3. The van der Waals surface area contributed by atoms with Crippen molar-refractivity contribution in [2.75, 3.05) is 34.5 Å². The topological polar surface area (TPSA) is 40.2 Å². The summed E-state index contributed by atoms with van der Waals surface area (Å²) < 4.78 is 23.8. The number of methoxy groups -OCH3 is 2. The van der Waals surface area contributed by atoms with Crippen molar-refractivity contribution in [2.45, 2.75) is 63.3 Å². The van der Waals surface area contributed by atoms with Crippen LogP contribution in [-0.4, -0.2) is 51.2 Å². The van der Waals surface area contributed by atoms with Gasteiger partial charge in [-0.05, 0) is 49.6 Å². The highest BCUT2D eigenvalue weighted by Gasteiger charge is 2.55. The van der Waals surface area contributed by atoms with Crippen LogP contribution in [0, 0.1) is 5.92 Å². The first-order chi connectivity index (χ1) is 13.1. The average molecular weight is 376 g/mol. The fourth-order valence-corrected chi connectivity index (χ4v) is 5.59. The molecule has 1 saturated carbocycles. The summed E-state index contributed by atoms with van der Waals surface area (Å²) in [5.74, 6) is 1.65. The molecule has 0 amide bonds. The number of hydrogen-bond acceptors (Lipinski definition) is 5. The zero-order valence-corrected chi connectivity index (χ0v) is 17.1. The second-order valence-corrected chi connectivity index (χ2v) is 8.11. The average Bonchev–Trinajstić information content (AvgIpc) is 3.19. The van der Waals surface area contributed by atoms with E-state index in [0.717, 1.165) is 24.3 Å². The zero-order valence-electron chi connectivity index (χ0n) is 17.1. The quantitative estimate of drug-likeness (QED) is 0.797. The molecule has 150 valence electrons. The minimum Gasteiger partial charge on any atom is -0.493 e. The Morgan fingerprint density at radius 3 is 2.41 bits per heavy atom. The molecule has 0 bridgehead atoms. The molecule has 0 aromatic heterocycles. The third-order valence-corrected chi connectivity index (χ3v) is 6.95. The van der Waals surface area contributed by atoms with E-state index in [9.17, 15) is 0 Å². The maximum absolute atomic E-state index is 6.32. The molecular weight excluding hydrogens is 342 g/mol. The number of aryl methyl sites for hydroxylation is 1. The smallest absolute Gasteiger partial charge is 0.174 e. The van der Waals surface area contributed by atoms with E-state index >= 15 is 0 Å². The van der Waals surface area contributed by atoms with Crippen LogP contribution in [0.2, 0.25) is 0 Å². The summed E-state index contributed by atoms with van der Waals surface area (Å²) >= 11 is 0. The van der Waals surface area contributed by atoms with E-state index in [-0.39, 0.29) is 6.04 Å². The Balaban J connectivity index is 1.76. The molecule has 4 rings (SSSR count). The maximum Gasteiger partial charge on any atom is 0.174 e. The summed E-state index contributed by atoms with van der Waals surface area (Å²) in [5, 5.41) is 0. The van der Waals surface area contributed by atoms with Crippen LogP contribution in [0.3, 0.4) is 0 Å². The Hall–Kier alpha value is -1.30. The van der Waals surface area contributed by atoms with E-state index in [1.54, 1.807) is 14.2 Å². The lowest BCUT2D eigenvalue weighted by molar-refractivity contribution is -0.252. The lowest BCUT2D eigenvalue weighted by Crippen LogP contribution is -2.59. The lowest BCUT2D eigenvalue weighted by atomic mass is 9.71. The fourth-order valence-electron chi connectivity index (χ4n) is 5.59. The molecule has 2 saturated heterocycles. The van der Waals surface area contributed by atoms with Gasteiger partial charge in [0.25, 0.3) is 0 Å². The highest BCUT2D eigenvalue weighted by atomic mass is 16.7. The van der Waals surface area contributed by atoms with E-state index in [4.69, 9.17) is 18.9 Å². The van der Waals surface area contributed by atoms with Gasteiger partial charge in [0.05, 0.1) is 27.4 Å². The van der Waals surface area contributed by atoms with E-state index < -0.39 is 5.79 Å². The second-order valence-electron chi connectivity index (χ2n) is 8.11. The third kappa shape index (κ3) is 3.14. The van der Waals surface area contributed by atoms with Crippen LogP contribution in [0.5, 0.6) is 11.5 Å². The van der Waals surface area contributed by atoms with Gasteiger partial charge < -0.3 is 18.9 Å². The summed E-state index contributed by atoms with van der Waals surface area (Å²) in [7, 11) is 5.69. The standard InChI is InChI=1S/C22H33NO4/c1-5-15-12-20(24-3)21(25-4)13-16(15)19-14-22(26-10-11-27-22)17-8-6-7-9-18(17)23(19)2/h12-13,17-19H,5-11,14H2,1-4H3/t17-,18-,19-/m0/s1. The van der Waals surface area contributed by atoms with Gasteiger partial charge in [0, 0.05) is 24.4 Å². The highest BCUT2D eigenvalue weighted by molar-refractivity contribution is 5.49. The van der Waals surface area contributed by atoms with Crippen LogP contribution in [0.25, 0.3) is 0 Å². The predicted molar refractivity (Wildman–Crippen MR) is 104 cm³/mol. The molecule has 0 N–H and O–H groups in total. The summed E-state index contributed by atoms with van der Waals surface area (Å²) in [5.41, 5.74) is 2.63. The first-order valence-electron chi connectivity index (χ1n) is 10.4. The monoisotopic (exact) mass is 375 g/mol. The molecule has 0 unspecified atom stereocenters. The van der Waals surface area contributed by atoms with Crippen LogP contribution < -0.4 is 9.47 Å². The number of nitrogens with zero attached hydrogens (tertiary/aromatic N) is 1. The first-order valence-corrected chi connectivity index (χ1v) is 10.4. The van der Waals surface area contributed by atoms with Crippen LogP contribution in [0.4, 0.5) is 0 Å². The second kappa shape index (κ2) is 7.61. The lowest BCUT2D eigenvalue weighted by Gasteiger charge is -2.54. The van der Waals surface area contributed by atoms with E-state index in [2.05, 4.69) is 31.0 Å². The summed E-state index contributed by atoms with van der Waals surface area (Å²) in [6.07, 6.45) is 6.84. The van der Waals surface area contributed by atoms with Crippen molar-refractivity contribution in [3.8, 4) is 11.5 Å². The Kier molecular flexibility index (Phi) is 5.36. The van der Waals surface area contributed by atoms with Gasteiger partial charge in [-0.1, -0.05) is 19.8 Å². The highest BCUT2D eigenvalue weighted by Crippen LogP contribution is 2.52. The Morgan fingerprint density at radius 1 is 1.07 bits per heavy atom. The summed E-state index contributed by atoms with van der Waals surface area (Å²) in [6, 6.07) is 5.08. The van der Waals surface area contributed by atoms with Crippen molar-refractivity contribution in [1.82, 2.24) is 4.90 Å². The van der Waals surface area contributed by atoms with Crippen molar-refractivity contribution in [1.29, 1.82) is 0 Å². The number of likely N-dealkylation sites (tertiary alicyclic amines) is 1. The van der Waals surface area contributed by atoms with E-state index in [1.807, 2.05) is 0 Å². The van der Waals surface area contributed by atoms with Gasteiger partial charge in [-0.25, -0.2) is 0 Å². The van der Waals surface area contributed by atoms with Gasteiger partial charge in [-0.15, -0.1) is 0 Å². The van der Waals surface area contributed by atoms with Crippen molar-refractivity contribution in [2.24, 2.45) is 5.92 Å². The van der Waals surface area contributed by atoms with Gasteiger partial charge >= 0.3 is 0 Å². The van der Waals surface area contributed by atoms with Crippen LogP contribution in [0.1, 0.15) is 56.2 Å². The first kappa shape index (κ1) is 19.0. The molecule has 3 fully saturated rings. The molecule has 0 radical (unpaired) electrons. The van der Waals surface area contributed by atoms with E-state index in [1.165, 1.54) is 36.8 Å². The van der Waals surface area contributed by atoms with Crippen molar-refractivity contribution < 1.29 is 18.9 Å². The molecule has 1 aromatic rings. The molecule has 1 spiro atoms. The third-order valence-electron chi connectivity index (χ3n) is 6.95. The Labute approximate surface area is 162 Å². The molecule has 2 heterocycles. The molecule has 3 atom stereocenters. The Morgan fingerprint density at radius 2 is 1.74 bits per heavy atom. The van der Waals surface area contributed by atoms with Crippen molar-refractivity contribution >= 4 is 0 Å².